The number of nitrogens with one attached hydrogen (secondary N) is 2. The van der Waals surface area contributed by atoms with Crippen LogP contribution in [0.3, 0.4) is 0 Å². The molecule has 0 saturated heterocycles. The summed E-state index contributed by atoms with van der Waals surface area (Å²) in [4.78, 5) is 4.74. The molecule has 5 nitrogen and oxygen atoms in total. The molecule has 0 saturated carbocycles. The molecule has 4 rings (SSSR count). The van der Waals surface area contributed by atoms with Gasteiger partial charge in [-0.2, -0.15) is 13.2 Å². The van der Waals surface area contributed by atoms with Crippen LogP contribution in [0.15, 0.2) is 83.9 Å². The number of para-hydroxylation sites is 1. The summed E-state index contributed by atoms with van der Waals surface area (Å²) in [6.07, 6.45) is -2.79. The Hall–Kier alpha value is -3.30. The third-order valence-electron chi connectivity index (χ3n) is 5.76. The molecule has 34 heavy (non-hydrogen) atoms. The number of hydrogen-bond donors (Lipinski definition) is 2. The lowest BCUT2D eigenvalue weighted by molar-refractivity contribution is -0.137. The molecule has 0 amide bonds. The van der Waals surface area contributed by atoms with Crippen molar-refractivity contribution in [1.29, 1.82) is 0 Å². The van der Waals surface area contributed by atoms with E-state index in [0.717, 1.165) is 45.9 Å². The van der Waals surface area contributed by atoms with Gasteiger partial charge in [0.05, 0.1) is 10.5 Å². The summed E-state index contributed by atoms with van der Waals surface area (Å²) in [6.45, 7) is -0.0261. The van der Waals surface area contributed by atoms with Crippen molar-refractivity contribution in [2.75, 3.05) is 25.5 Å². The van der Waals surface area contributed by atoms with E-state index in [1.165, 1.54) is 0 Å². The van der Waals surface area contributed by atoms with Crippen molar-refractivity contribution in [3.8, 4) is 0 Å². The first kappa shape index (κ1) is 23.8. The molecular formula is C25H24F3N3O2S. The van der Waals surface area contributed by atoms with Crippen molar-refractivity contribution in [3.63, 3.8) is 0 Å². The van der Waals surface area contributed by atoms with E-state index in [1.54, 1.807) is 0 Å². The molecule has 0 spiro atoms. The lowest BCUT2D eigenvalue weighted by Crippen LogP contribution is -2.29. The maximum absolute atomic E-state index is 13.1. The number of H-pyrrole nitrogens is 1. The largest absolute Gasteiger partial charge is 0.416 e. The Kier molecular flexibility index (Phi) is 6.42. The standard InChI is InChI=1S/C25H24F3N3O2S/c1-31(2)19-12-10-17(11-13-19)22(23-15-29-24-9-4-3-8-21(23)24)16-30-34(32,33)20-7-5-6-18(14-20)25(26,27)28/h3-15,22,29-30H,16H2,1-2H3/t22-/m1/s1. The number of nitrogens with zero attached hydrogens (tertiary/aromatic N) is 1. The van der Waals surface area contributed by atoms with Crippen LogP contribution in [-0.2, 0) is 16.2 Å². The SMILES string of the molecule is CN(C)c1ccc([C@@H](CNS(=O)(=O)c2cccc(C(F)(F)F)c2)c2c[nH]c3ccccc23)cc1. The van der Waals surface area contributed by atoms with Gasteiger partial charge in [0.25, 0.3) is 0 Å². The molecule has 9 heteroatoms. The molecule has 0 aliphatic carbocycles. The number of hydrogen-bond acceptors (Lipinski definition) is 3. The van der Waals surface area contributed by atoms with Gasteiger partial charge in [-0.05, 0) is 47.5 Å². The number of rotatable bonds is 7. The molecule has 3 aromatic carbocycles. The zero-order chi connectivity index (χ0) is 24.5. The number of fused-ring (bicyclic) bond motifs is 1. The van der Waals surface area contributed by atoms with Crippen LogP contribution in [0.25, 0.3) is 10.9 Å². The number of benzene rings is 3. The molecule has 0 aliphatic rings. The Morgan fingerprint density at radius 2 is 1.68 bits per heavy atom. The second-order valence-corrected chi connectivity index (χ2v) is 9.97. The minimum Gasteiger partial charge on any atom is -0.378 e. The lowest BCUT2D eigenvalue weighted by atomic mass is 9.91. The Balaban J connectivity index is 1.69. The summed E-state index contributed by atoms with van der Waals surface area (Å²) >= 11 is 0. The fourth-order valence-electron chi connectivity index (χ4n) is 3.91. The number of anilines is 1. The van der Waals surface area contributed by atoms with Crippen LogP contribution in [-0.4, -0.2) is 34.0 Å². The molecule has 0 fully saturated rings. The van der Waals surface area contributed by atoms with Crippen LogP contribution < -0.4 is 9.62 Å². The van der Waals surface area contributed by atoms with Gasteiger partial charge < -0.3 is 9.88 Å². The molecule has 178 valence electrons. The van der Waals surface area contributed by atoms with Crippen LogP contribution in [0.5, 0.6) is 0 Å². The molecule has 2 N–H and O–H groups in total. The summed E-state index contributed by atoms with van der Waals surface area (Å²) < 4.78 is 67.7. The molecule has 1 aromatic heterocycles. The normalized spacial score (nSPS) is 13.2. The molecule has 0 bridgehead atoms. The van der Waals surface area contributed by atoms with Gasteiger partial charge in [-0.25, -0.2) is 13.1 Å². The number of aromatic amines is 1. The third-order valence-corrected chi connectivity index (χ3v) is 7.18. The van der Waals surface area contributed by atoms with E-state index < -0.39 is 26.7 Å². The predicted octanol–water partition coefficient (Wildman–Crippen LogP) is 5.36. The first-order valence-electron chi connectivity index (χ1n) is 10.6. The van der Waals surface area contributed by atoms with E-state index in [2.05, 4.69) is 9.71 Å². The smallest absolute Gasteiger partial charge is 0.378 e. The van der Waals surface area contributed by atoms with Crippen molar-refractivity contribution in [1.82, 2.24) is 9.71 Å². The van der Waals surface area contributed by atoms with Crippen LogP contribution in [0.1, 0.15) is 22.6 Å². The zero-order valence-corrected chi connectivity index (χ0v) is 19.4. The molecular weight excluding hydrogens is 463 g/mol. The van der Waals surface area contributed by atoms with Crippen molar-refractivity contribution in [2.45, 2.75) is 17.0 Å². The van der Waals surface area contributed by atoms with E-state index in [1.807, 2.05) is 73.7 Å². The lowest BCUT2D eigenvalue weighted by Gasteiger charge is -2.20. The predicted molar refractivity (Wildman–Crippen MR) is 128 cm³/mol. The van der Waals surface area contributed by atoms with Gasteiger partial charge in [-0.15, -0.1) is 0 Å². The highest BCUT2D eigenvalue weighted by Crippen LogP contribution is 2.33. The van der Waals surface area contributed by atoms with Crippen molar-refractivity contribution < 1.29 is 21.6 Å². The van der Waals surface area contributed by atoms with Gasteiger partial charge in [0, 0.05) is 49.3 Å². The van der Waals surface area contributed by atoms with Crippen LogP contribution in [0.4, 0.5) is 18.9 Å². The molecule has 1 atom stereocenters. The molecule has 0 radical (unpaired) electrons. The molecule has 0 aliphatic heterocycles. The topological polar surface area (TPSA) is 65.2 Å². The fraction of sp³-hybridized carbons (Fsp3) is 0.200. The quantitative estimate of drug-likeness (QED) is 0.369. The highest BCUT2D eigenvalue weighted by molar-refractivity contribution is 7.89. The molecule has 4 aromatic rings. The summed E-state index contributed by atoms with van der Waals surface area (Å²) in [6, 6.07) is 19.2. The van der Waals surface area contributed by atoms with Crippen molar-refractivity contribution in [3.05, 3.63) is 95.7 Å². The fourth-order valence-corrected chi connectivity index (χ4v) is 5.00. The number of halogens is 3. The summed E-state index contributed by atoms with van der Waals surface area (Å²) in [5, 5.41) is 0.947. The maximum Gasteiger partial charge on any atom is 0.416 e. The molecule has 1 heterocycles. The second kappa shape index (κ2) is 9.15. The minimum absolute atomic E-state index is 0.0261. The summed E-state index contributed by atoms with van der Waals surface area (Å²) in [7, 11) is -0.329. The summed E-state index contributed by atoms with van der Waals surface area (Å²) in [5.74, 6) is -0.368. The molecule has 0 unspecified atom stereocenters. The first-order valence-corrected chi connectivity index (χ1v) is 12.0. The van der Waals surface area contributed by atoms with Gasteiger partial charge in [0.2, 0.25) is 10.0 Å². The van der Waals surface area contributed by atoms with Gasteiger partial charge >= 0.3 is 6.18 Å². The van der Waals surface area contributed by atoms with Crippen LogP contribution >= 0.6 is 0 Å². The summed E-state index contributed by atoms with van der Waals surface area (Å²) in [5.41, 5.74) is 2.66. The average Bonchev–Trinajstić information content (AvgIpc) is 3.23. The van der Waals surface area contributed by atoms with Crippen LogP contribution in [0.2, 0.25) is 0 Å². The maximum atomic E-state index is 13.1. The second-order valence-electron chi connectivity index (χ2n) is 8.21. The van der Waals surface area contributed by atoms with Gasteiger partial charge in [0.1, 0.15) is 0 Å². The highest BCUT2D eigenvalue weighted by Gasteiger charge is 2.32. The first-order chi connectivity index (χ1) is 16.1. The van der Waals surface area contributed by atoms with Gasteiger partial charge in [0.15, 0.2) is 0 Å². The van der Waals surface area contributed by atoms with E-state index in [-0.39, 0.29) is 12.5 Å². The van der Waals surface area contributed by atoms with Crippen LogP contribution in [0, 0.1) is 0 Å². The number of sulfonamides is 1. The van der Waals surface area contributed by atoms with E-state index in [0.29, 0.717) is 6.07 Å². The highest BCUT2D eigenvalue weighted by atomic mass is 32.2. The van der Waals surface area contributed by atoms with Crippen molar-refractivity contribution >= 4 is 26.6 Å². The Labute approximate surface area is 196 Å². The van der Waals surface area contributed by atoms with Gasteiger partial charge in [-0.3, -0.25) is 0 Å². The number of alkyl halides is 3. The number of aromatic nitrogens is 1. The van der Waals surface area contributed by atoms with E-state index in [4.69, 9.17) is 0 Å². The Bertz CT molecular complexity index is 1390. The Morgan fingerprint density at radius 3 is 2.35 bits per heavy atom. The monoisotopic (exact) mass is 487 g/mol. The minimum atomic E-state index is -4.63. The van der Waals surface area contributed by atoms with Gasteiger partial charge in [-0.1, -0.05) is 36.4 Å². The van der Waals surface area contributed by atoms with Crippen molar-refractivity contribution in [2.24, 2.45) is 0 Å². The zero-order valence-electron chi connectivity index (χ0n) is 18.6. The van der Waals surface area contributed by atoms with E-state index in [9.17, 15) is 21.6 Å². The van der Waals surface area contributed by atoms with E-state index >= 15 is 0 Å². The Morgan fingerprint density at radius 1 is 0.971 bits per heavy atom. The average molecular weight is 488 g/mol. The third kappa shape index (κ3) is 4.95.